The molecule has 3 heterocycles. The van der Waals surface area contributed by atoms with Gasteiger partial charge in [0, 0.05) is 42.9 Å². The monoisotopic (exact) mass is 445 g/mol. The zero-order valence-corrected chi connectivity index (χ0v) is 18.9. The topological polar surface area (TPSA) is 62.2 Å². The minimum Gasteiger partial charge on any atom is -0.351 e. The number of carbonyl (C=O) groups excluding carboxylic acids is 1. The van der Waals surface area contributed by atoms with Gasteiger partial charge in [0.25, 0.3) is 0 Å². The average molecular weight is 446 g/mol. The Morgan fingerprint density at radius 2 is 1.91 bits per heavy atom. The minimum absolute atomic E-state index is 0.0216. The van der Waals surface area contributed by atoms with E-state index in [1.165, 1.54) is 38.2 Å². The van der Waals surface area contributed by atoms with Gasteiger partial charge >= 0.3 is 0 Å². The minimum atomic E-state index is -0.0857. The number of hydrogen-bond acceptors (Lipinski definition) is 3. The Bertz CT molecular complexity index is 1100. The molecule has 1 aliphatic carbocycles. The van der Waals surface area contributed by atoms with E-state index in [0.717, 1.165) is 17.1 Å². The molecule has 0 bridgehead atoms. The molecule has 2 aromatic heterocycles. The Hall–Kier alpha value is -3.19. The molecule has 0 unspecified atom stereocenters. The molecular weight excluding hydrogens is 418 g/mol. The number of rotatable bonds is 5. The van der Waals surface area contributed by atoms with Gasteiger partial charge in [0.2, 0.25) is 5.91 Å². The number of nitrogens with zero attached hydrogens (tertiary/aromatic N) is 3. The van der Waals surface area contributed by atoms with Crippen LogP contribution in [0.2, 0.25) is 0 Å². The number of nitrogens with one attached hydrogen (secondary N) is 2. The van der Waals surface area contributed by atoms with Crippen LogP contribution in [-0.4, -0.2) is 20.6 Å². The Balaban J connectivity index is 1.52. The van der Waals surface area contributed by atoms with Crippen molar-refractivity contribution in [1.82, 2.24) is 14.9 Å². The van der Waals surface area contributed by atoms with Crippen LogP contribution in [0.1, 0.15) is 62.0 Å². The molecule has 6 nitrogen and oxygen atoms in total. The quantitative estimate of drug-likeness (QED) is 0.533. The molecule has 7 heteroatoms. The van der Waals surface area contributed by atoms with Gasteiger partial charge < -0.3 is 20.1 Å². The molecule has 164 valence electrons. The van der Waals surface area contributed by atoms with Gasteiger partial charge in [-0.1, -0.05) is 18.9 Å². The van der Waals surface area contributed by atoms with Crippen molar-refractivity contribution in [3.63, 3.8) is 0 Å². The zero-order valence-electron chi connectivity index (χ0n) is 18.1. The molecular formula is C25H27N5OS. The van der Waals surface area contributed by atoms with Gasteiger partial charge in [-0.2, -0.15) is 0 Å². The number of hydrogen-bond donors (Lipinski definition) is 2. The van der Waals surface area contributed by atoms with Gasteiger partial charge in [-0.05, 0) is 73.1 Å². The van der Waals surface area contributed by atoms with Gasteiger partial charge in [0.05, 0.1) is 17.8 Å². The Morgan fingerprint density at radius 3 is 2.59 bits per heavy atom. The van der Waals surface area contributed by atoms with E-state index in [4.69, 9.17) is 12.2 Å². The summed E-state index contributed by atoms with van der Waals surface area (Å²) in [6.07, 6.45) is 11.4. The number of pyridine rings is 1. The summed E-state index contributed by atoms with van der Waals surface area (Å²) in [5, 5.41) is 7.01. The molecule has 5 rings (SSSR count). The lowest BCUT2D eigenvalue weighted by Gasteiger charge is -2.27. The molecule has 3 aromatic rings. The number of benzene rings is 1. The fourth-order valence-electron chi connectivity index (χ4n) is 4.92. The fourth-order valence-corrected chi connectivity index (χ4v) is 5.26. The van der Waals surface area contributed by atoms with E-state index in [1.54, 1.807) is 0 Å². The second-order valence-corrected chi connectivity index (χ2v) is 8.94. The molecule has 1 aliphatic heterocycles. The van der Waals surface area contributed by atoms with Gasteiger partial charge in [0.1, 0.15) is 0 Å². The number of anilines is 2. The summed E-state index contributed by atoms with van der Waals surface area (Å²) in [6.45, 7) is 1.51. The van der Waals surface area contributed by atoms with Gasteiger partial charge in [-0.25, -0.2) is 0 Å². The molecule has 1 aromatic carbocycles. The van der Waals surface area contributed by atoms with Gasteiger partial charge in [-0.3, -0.25) is 9.78 Å². The molecule has 0 radical (unpaired) electrons. The van der Waals surface area contributed by atoms with E-state index in [-0.39, 0.29) is 18.0 Å². The van der Waals surface area contributed by atoms with Crippen molar-refractivity contribution in [3.05, 3.63) is 78.4 Å². The van der Waals surface area contributed by atoms with E-state index in [2.05, 4.69) is 43.5 Å². The first-order valence-electron chi connectivity index (χ1n) is 11.2. The summed E-state index contributed by atoms with van der Waals surface area (Å²) in [6, 6.07) is 16.5. The predicted octanol–water partition coefficient (Wildman–Crippen LogP) is 5.13. The SMILES string of the molecule is CC(=O)Nc1ccc(N2C(=S)N[C@@H](c3ccccn3)[C@H]2c2ccn(C3CCCC3)c2)cc1. The van der Waals surface area contributed by atoms with Crippen molar-refractivity contribution >= 4 is 34.6 Å². The van der Waals surface area contributed by atoms with Crippen molar-refractivity contribution in [3.8, 4) is 0 Å². The van der Waals surface area contributed by atoms with Crippen LogP contribution in [0.4, 0.5) is 11.4 Å². The van der Waals surface area contributed by atoms with Crippen molar-refractivity contribution in [1.29, 1.82) is 0 Å². The maximum absolute atomic E-state index is 11.4. The van der Waals surface area contributed by atoms with Crippen molar-refractivity contribution in [2.24, 2.45) is 0 Å². The highest BCUT2D eigenvalue weighted by Gasteiger charge is 2.41. The highest BCUT2D eigenvalue weighted by Crippen LogP contribution is 2.42. The lowest BCUT2D eigenvalue weighted by Crippen LogP contribution is -2.29. The number of aromatic nitrogens is 2. The average Bonchev–Trinajstić information content (AvgIpc) is 3.54. The van der Waals surface area contributed by atoms with Crippen LogP contribution in [0, 0.1) is 0 Å². The van der Waals surface area contributed by atoms with Crippen molar-refractivity contribution in [2.45, 2.75) is 50.7 Å². The normalized spacial score (nSPS) is 21.0. The van der Waals surface area contributed by atoms with Crippen LogP contribution in [0.5, 0.6) is 0 Å². The van der Waals surface area contributed by atoms with Crippen molar-refractivity contribution in [2.75, 3.05) is 10.2 Å². The molecule has 2 N–H and O–H groups in total. The van der Waals surface area contributed by atoms with Crippen LogP contribution in [-0.2, 0) is 4.79 Å². The summed E-state index contributed by atoms with van der Waals surface area (Å²) in [5.74, 6) is -0.0857. The first-order valence-corrected chi connectivity index (χ1v) is 11.6. The van der Waals surface area contributed by atoms with Gasteiger partial charge in [-0.15, -0.1) is 0 Å². The molecule has 32 heavy (non-hydrogen) atoms. The number of carbonyl (C=O) groups is 1. The van der Waals surface area contributed by atoms with Crippen LogP contribution in [0.3, 0.4) is 0 Å². The summed E-state index contributed by atoms with van der Waals surface area (Å²) in [5.41, 5.74) is 3.93. The van der Waals surface area contributed by atoms with Crippen LogP contribution >= 0.6 is 12.2 Å². The van der Waals surface area contributed by atoms with Crippen LogP contribution < -0.4 is 15.5 Å². The van der Waals surface area contributed by atoms with E-state index < -0.39 is 0 Å². The molecule has 1 amide bonds. The van der Waals surface area contributed by atoms with Gasteiger partial charge in [0.15, 0.2) is 5.11 Å². The molecule has 1 saturated carbocycles. The molecule has 0 spiro atoms. The molecule has 1 saturated heterocycles. The highest BCUT2D eigenvalue weighted by molar-refractivity contribution is 7.80. The lowest BCUT2D eigenvalue weighted by atomic mass is 9.98. The largest absolute Gasteiger partial charge is 0.351 e. The summed E-state index contributed by atoms with van der Waals surface area (Å²) >= 11 is 5.80. The first kappa shape index (κ1) is 20.7. The van der Waals surface area contributed by atoms with E-state index >= 15 is 0 Å². The molecule has 2 fully saturated rings. The highest BCUT2D eigenvalue weighted by atomic mass is 32.1. The molecule has 2 aliphatic rings. The van der Waals surface area contributed by atoms with Crippen molar-refractivity contribution < 1.29 is 4.79 Å². The summed E-state index contributed by atoms with van der Waals surface area (Å²) < 4.78 is 2.37. The third kappa shape index (κ3) is 4.00. The second-order valence-electron chi connectivity index (χ2n) is 8.55. The number of thiocarbonyl (C=S) groups is 1. The van der Waals surface area contributed by atoms with Crippen LogP contribution in [0.15, 0.2) is 67.1 Å². The smallest absolute Gasteiger partial charge is 0.221 e. The zero-order chi connectivity index (χ0) is 22.1. The molecule has 2 atom stereocenters. The summed E-state index contributed by atoms with van der Waals surface area (Å²) in [4.78, 5) is 18.2. The number of amides is 1. The first-order chi connectivity index (χ1) is 15.6. The Morgan fingerprint density at radius 1 is 1.12 bits per heavy atom. The second kappa shape index (κ2) is 8.74. The fraction of sp³-hybridized carbons (Fsp3) is 0.320. The summed E-state index contributed by atoms with van der Waals surface area (Å²) in [7, 11) is 0. The standard InChI is InChI=1S/C25H27N5OS/c1-17(31)27-19-9-11-21(12-10-19)30-24(18-13-15-29(16-18)20-6-2-3-7-20)23(28-25(30)32)22-8-4-5-14-26-22/h4-5,8-16,20,23-24H,2-3,6-7H2,1H3,(H,27,31)(H,28,32)/t23-,24+/m0/s1. The third-order valence-electron chi connectivity index (χ3n) is 6.39. The maximum atomic E-state index is 11.4. The Kier molecular flexibility index (Phi) is 5.66. The Labute approximate surface area is 193 Å². The van der Waals surface area contributed by atoms with E-state index in [0.29, 0.717) is 11.2 Å². The third-order valence-corrected chi connectivity index (χ3v) is 6.70. The predicted molar refractivity (Wildman–Crippen MR) is 131 cm³/mol. The lowest BCUT2D eigenvalue weighted by molar-refractivity contribution is -0.114. The van der Waals surface area contributed by atoms with E-state index in [9.17, 15) is 4.79 Å². The van der Waals surface area contributed by atoms with E-state index in [1.807, 2.05) is 48.7 Å². The maximum Gasteiger partial charge on any atom is 0.221 e. The van der Waals surface area contributed by atoms with Crippen LogP contribution in [0.25, 0.3) is 0 Å².